The quantitative estimate of drug-likeness (QED) is 0.319. The molecule has 0 saturated carbocycles. The number of para-hydroxylation sites is 1. The normalized spacial score (nSPS) is 15.3. The number of anilines is 1. The summed E-state index contributed by atoms with van der Waals surface area (Å²) in [7, 11) is 0. The lowest BCUT2D eigenvalue weighted by molar-refractivity contribution is 0.0745. The van der Waals surface area contributed by atoms with Gasteiger partial charge in [0, 0.05) is 51.7 Å². The van der Waals surface area contributed by atoms with E-state index in [1.54, 1.807) is 0 Å². The highest BCUT2D eigenvalue weighted by molar-refractivity contribution is 6.09. The molecule has 1 N–H and O–H groups in total. The molecular weight excluding hydrogens is 418 g/mol. The summed E-state index contributed by atoms with van der Waals surface area (Å²) in [6.45, 7) is 3.77. The van der Waals surface area contributed by atoms with Gasteiger partial charge in [0.1, 0.15) is 6.17 Å². The number of nitrogens with one attached hydrogen (secondary N) is 1. The molecule has 0 fully saturated rings. The molecule has 168 valence electrons. The summed E-state index contributed by atoms with van der Waals surface area (Å²) in [4.78, 5) is 15.3. The van der Waals surface area contributed by atoms with Crippen LogP contribution < -0.4 is 5.32 Å². The molecule has 34 heavy (non-hydrogen) atoms. The van der Waals surface area contributed by atoms with Crippen molar-refractivity contribution in [3.63, 3.8) is 0 Å². The van der Waals surface area contributed by atoms with E-state index in [4.69, 9.17) is 0 Å². The van der Waals surface area contributed by atoms with Crippen LogP contribution in [-0.2, 0) is 13.0 Å². The average molecular weight is 446 g/mol. The van der Waals surface area contributed by atoms with E-state index in [-0.39, 0.29) is 12.1 Å². The topological polar surface area (TPSA) is 37.3 Å². The van der Waals surface area contributed by atoms with Crippen LogP contribution in [0.1, 0.15) is 34.6 Å². The van der Waals surface area contributed by atoms with Gasteiger partial charge in [-0.25, -0.2) is 0 Å². The number of nitrogens with zero attached hydrogens (tertiary/aromatic N) is 2. The standard InChI is InChI=1S/C30H27N3O/c1-2-32-27-15-9-8-12-23(27)26-20-22(16-17-28(26)32)31-29-24-13-6-7-14-25(24)30(34)33(29)19-18-21-10-4-3-5-11-21/h3-17,20,29,31H,2,18-19H2,1H3/t29-/m0/s1. The number of hydrogen-bond acceptors (Lipinski definition) is 2. The van der Waals surface area contributed by atoms with Gasteiger partial charge in [0.2, 0.25) is 0 Å². The SMILES string of the molecule is CCn1c2ccccc2c2cc(N[C@@H]3c4ccccc4C(=O)N3CCc3ccccc3)ccc21. The molecule has 1 aliphatic rings. The zero-order valence-electron chi connectivity index (χ0n) is 19.2. The van der Waals surface area contributed by atoms with Gasteiger partial charge in [-0.15, -0.1) is 0 Å². The smallest absolute Gasteiger partial charge is 0.256 e. The van der Waals surface area contributed by atoms with Gasteiger partial charge in [0.25, 0.3) is 5.91 Å². The van der Waals surface area contributed by atoms with Crippen molar-refractivity contribution in [1.29, 1.82) is 0 Å². The Morgan fingerprint density at radius 1 is 0.794 bits per heavy atom. The van der Waals surface area contributed by atoms with Crippen molar-refractivity contribution in [2.45, 2.75) is 26.1 Å². The van der Waals surface area contributed by atoms with Crippen molar-refractivity contribution < 1.29 is 4.79 Å². The lowest BCUT2D eigenvalue weighted by atomic mass is 10.1. The van der Waals surface area contributed by atoms with Crippen LogP contribution in [0.2, 0.25) is 0 Å². The second-order valence-corrected chi connectivity index (χ2v) is 8.86. The number of aromatic nitrogens is 1. The Bertz CT molecular complexity index is 1500. The molecule has 1 amide bonds. The Kier molecular flexibility index (Phi) is 5.06. The van der Waals surface area contributed by atoms with E-state index in [2.05, 4.69) is 77.5 Å². The highest BCUT2D eigenvalue weighted by atomic mass is 16.2. The first-order chi connectivity index (χ1) is 16.7. The maximum Gasteiger partial charge on any atom is 0.256 e. The number of carbonyl (C=O) groups excluding carboxylic acids is 1. The Labute approximate surface area is 199 Å². The van der Waals surface area contributed by atoms with Gasteiger partial charge in [0.15, 0.2) is 0 Å². The van der Waals surface area contributed by atoms with E-state index >= 15 is 0 Å². The average Bonchev–Trinajstić information content (AvgIpc) is 3.35. The van der Waals surface area contributed by atoms with Crippen LogP contribution in [0.3, 0.4) is 0 Å². The third kappa shape index (κ3) is 3.34. The van der Waals surface area contributed by atoms with Crippen LogP contribution >= 0.6 is 0 Å². The largest absolute Gasteiger partial charge is 0.361 e. The highest BCUT2D eigenvalue weighted by Crippen LogP contribution is 2.36. The fourth-order valence-electron chi connectivity index (χ4n) is 5.29. The molecule has 5 aromatic rings. The van der Waals surface area contributed by atoms with Crippen LogP contribution in [-0.4, -0.2) is 21.9 Å². The minimum Gasteiger partial charge on any atom is -0.361 e. The summed E-state index contributed by atoms with van der Waals surface area (Å²) in [6, 6.07) is 33.4. The van der Waals surface area contributed by atoms with Crippen LogP contribution in [0.5, 0.6) is 0 Å². The number of fused-ring (bicyclic) bond motifs is 4. The summed E-state index contributed by atoms with van der Waals surface area (Å²) in [5.74, 6) is 0.0905. The van der Waals surface area contributed by atoms with E-state index in [0.29, 0.717) is 6.54 Å². The van der Waals surface area contributed by atoms with E-state index < -0.39 is 0 Å². The van der Waals surface area contributed by atoms with Crippen LogP contribution in [0, 0.1) is 0 Å². The molecular formula is C30H27N3O. The molecule has 1 aromatic heterocycles. The highest BCUT2D eigenvalue weighted by Gasteiger charge is 2.36. The van der Waals surface area contributed by atoms with E-state index in [0.717, 1.165) is 29.8 Å². The fraction of sp³-hybridized carbons (Fsp3) is 0.167. The maximum absolute atomic E-state index is 13.3. The van der Waals surface area contributed by atoms with Crippen molar-refractivity contribution in [2.75, 3.05) is 11.9 Å². The molecule has 2 heterocycles. The first-order valence-electron chi connectivity index (χ1n) is 12.0. The molecule has 6 rings (SSSR count). The first kappa shape index (κ1) is 20.5. The molecule has 0 spiro atoms. The number of aryl methyl sites for hydroxylation is 1. The predicted molar refractivity (Wildman–Crippen MR) is 139 cm³/mol. The summed E-state index contributed by atoms with van der Waals surface area (Å²) in [5.41, 5.74) is 6.57. The Hall–Kier alpha value is -4.05. The van der Waals surface area contributed by atoms with Gasteiger partial charge in [-0.1, -0.05) is 66.7 Å². The number of rotatable bonds is 6. The maximum atomic E-state index is 13.3. The van der Waals surface area contributed by atoms with Crippen molar-refractivity contribution in [3.8, 4) is 0 Å². The summed E-state index contributed by atoms with van der Waals surface area (Å²) in [5, 5.41) is 6.18. The zero-order chi connectivity index (χ0) is 23.1. The van der Waals surface area contributed by atoms with Crippen molar-refractivity contribution >= 4 is 33.4 Å². The fourth-order valence-corrected chi connectivity index (χ4v) is 5.29. The van der Waals surface area contributed by atoms with Gasteiger partial charge in [-0.3, -0.25) is 4.79 Å². The predicted octanol–water partition coefficient (Wildman–Crippen LogP) is 6.62. The van der Waals surface area contributed by atoms with Crippen molar-refractivity contribution in [1.82, 2.24) is 9.47 Å². The molecule has 0 bridgehead atoms. The van der Waals surface area contributed by atoms with Crippen LogP contribution in [0.25, 0.3) is 21.8 Å². The molecule has 0 unspecified atom stereocenters. The van der Waals surface area contributed by atoms with E-state index in [1.165, 1.54) is 27.4 Å². The second-order valence-electron chi connectivity index (χ2n) is 8.86. The number of hydrogen-bond donors (Lipinski definition) is 1. The Balaban J connectivity index is 1.37. The number of amides is 1. The van der Waals surface area contributed by atoms with Crippen molar-refractivity contribution in [3.05, 3.63) is 114 Å². The van der Waals surface area contributed by atoms with Crippen LogP contribution in [0.4, 0.5) is 5.69 Å². The molecule has 0 radical (unpaired) electrons. The lowest BCUT2D eigenvalue weighted by Crippen LogP contribution is -2.34. The Morgan fingerprint density at radius 3 is 2.38 bits per heavy atom. The monoisotopic (exact) mass is 445 g/mol. The third-order valence-corrected chi connectivity index (χ3v) is 6.93. The third-order valence-electron chi connectivity index (χ3n) is 6.93. The molecule has 1 atom stereocenters. The number of benzene rings is 4. The molecule has 0 aliphatic carbocycles. The molecule has 0 saturated heterocycles. The molecule has 4 aromatic carbocycles. The first-order valence-corrected chi connectivity index (χ1v) is 12.0. The second kappa shape index (κ2) is 8.38. The van der Waals surface area contributed by atoms with Crippen LogP contribution in [0.15, 0.2) is 97.1 Å². The minimum atomic E-state index is -0.190. The molecule has 4 heteroatoms. The summed E-state index contributed by atoms with van der Waals surface area (Å²) >= 11 is 0. The summed E-state index contributed by atoms with van der Waals surface area (Å²) < 4.78 is 2.36. The summed E-state index contributed by atoms with van der Waals surface area (Å²) in [6.07, 6.45) is 0.631. The van der Waals surface area contributed by atoms with E-state index in [1.807, 2.05) is 41.3 Å². The zero-order valence-corrected chi connectivity index (χ0v) is 19.2. The van der Waals surface area contributed by atoms with Gasteiger partial charge in [-0.2, -0.15) is 0 Å². The van der Waals surface area contributed by atoms with Gasteiger partial charge in [-0.05, 0) is 49.2 Å². The van der Waals surface area contributed by atoms with Gasteiger partial charge in [0.05, 0.1) is 0 Å². The lowest BCUT2D eigenvalue weighted by Gasteiger charge is -2.27. The van der Waals surface area contributed by atoms with Crippen molar-refractivity contribution in [2.24, 2.45) is 0 Å². The minimum absolute atomic E-state index is 0.0905. The Morgan fingerprint density at radius 2 is 1.53 bits per heavy atom. The van der Waals surface area contributed by atoms with Gasteiger partial charge < -0.3 is 14.8 Å². The molecule has 4 nitrogen and oxygen atoms in total. The number of carbonyl (C=O) groups is 1. The van der Waals surface area contributed by atoms with E-state index in [9.17, 15) is 4.79 Å². The molecule has 1 aliphatic heterocycles. The van der Waals surface area contributed by atoms with Gasteiger partial charge >= 0.3 is 0 Å².